The van der Waals surface area contributed by atoms with Gasteiger partial charge in [-0.1, -0.05) is 36.4 Å². The quantitative estimate of drug-likeness (QED) is 0.794. The molecule has 2 rings (SSSR count). The molecule has 2 aromatic rings. The summed E-state index contributed by atoms with van der Waals surface area (Å²) >= 11 is 0. The lowest BCUT2D eigenvalue weighted by Crippen LogP contribution is -2.01. The second kappa shape index (κ2) is 10.1. The van der Waals surface area contributed by atoms with Crippen LogP contribution in [0, 0.1) is 0 Å². The fourth-order valence-corrected chi connectivity index (χ4v) is 2.09. The first-order valence-corrected chi connectivity index (χ1v) is 7.11. The number of hydrogen-bond acceptors (Lipinski definition) is 3. The fourth-order valence-electron chi connectivity index (χ4n) is 2.09. The van der Waals surface area contributed by atoms with Gasteiger partial charge in [-0.2, -0.15) is 0 Å². The number of pyridine rings is 1. The molecule has 0 radical (unpaired) electrons. The molecular weight excluding hydrogens is 298 g/mol. The van der Waals surface area contributed by atoms with E-state index in [1.54, 1.807) is 6.20 Å². The Morgan fingerprint density at radius 2 is 1.95 bits per heavy atom. The SMILES string of the molecule is CC(=Cc1ccc(Cc2cccnc2)cc1)COCCO.Cl. The second-order valence-corrected chi connectivity index (χ2v) is 5.05. The van der Waals surface area contributed by atoms with Crippen molar-refractivity contribution in [2.75, 3.05) is 19.8 Å². The number of nitrogens with zero attached hydrogens (tertiary/aromatic N) is 1. The Balaban J connectivity index is 0.00000242. The summed E-state index contributed by atoms with van der Waals surface area (Å²) in [4.78, 5) is 4.13. The van der Waals surface area contributed by atoms with Crippen molar-refractivity contribution in [1.29, 1.82) is 0 Å². The van der Waals surface area contributed by atoms with E-state index in [1.165, 1.54) is 11.1 Å². The Morgan fingerprint density at radius 3 is 2.59 bits per heavy atom. The van der Waals surface area contributed by atoms with E-state index < -0.39 is 0 Å². The Bertz CT molecular complexity index is 567. The van der Waals surface area contributed by atoms with Crippen LogP contribution in [-0.4, -0.2) is 29.9 Å². The molecule has 1 aromatic carbocycles. The van der Waals surface area contributed by atoms with Gasteiger partial charge < -0.3 is 9.84 Å². The highest BCUT2D eigenvalue weighted by molar-refractivity contribution is 5.85. The average Bonchev–Trinajstić information content (AvgIpc) is 2.51. The number of ether oxygens (including phenoxy) is 1. The first kappa shape index (κ1) is 18.4. The van der Waals surface area contributed by atoms with Crippen LogP contribution >= 0.6 is 12.4 Å². The Kier molecular flexibility index (Phi) is 8.44. The molecule has 4 heteroatoms. The van der Waals surface area contributed by atoms with Gasteiger partial charge in [0, 0.05) is 12.4 Å². The maximum atomic E-state index is 8.67. The topological polar surface area (TPSA) is 42.4 Å². The van der Waals surface area contributed by atoms with Gasteiger partial charge in [0.2, 0.25) is 0 Å². The number of aromatic nitrogens is 1. The molecule has 0 saturated heterocycles. The first-order valence-electron chi connectivity index (χ1n) is 7.11. The highest BCUT2D eigenvalue weighted by atomic mass is 35.5. The van der Waals surface area contributed by atoms with Crippen LogP contribution in [0.3, 0.4) is 0 Å². The molecule has 0 saturated carbocycles. The summed E-state index contributed by atoms with van der Waals surface area (Å²) in [5.41, 5.74) is 4.79. The molecule has 0 bridgehead atoms. The van der Waals surface area contributed by atoms with Crippen LogP contribution < -0.4 is 0 Å². The molecule has 22 heavy (non-hydrogen) atoms. The molecule has 1 N–H and O–H groups in total. The molecule has 0 amide bonds. The zero-order valence-electron chi connectivity index (χ0n) is 12.7. The molecule has 1 heterocycles. The number of rotatable bonds is 7. The van der Waals surface area contributed by atoms with E-state index in [2.05, 4.69) is 41.4 Å². The van der Waals surface area contributed by atoms with Crippen LogP contribution in [0.4, 0.5) is 0 Å². The molecular formula is C18H22ClNO2. The normalized spacial score (nSPS) is 11.1. The minimum Gasteiger partial charge on any atom is -0.394 e. The molecule has 0 spiro atoms. The summed E-state index contributed by atoms with van der Waals surface area (Å²) in [6, 6.07) is 12.6. The fraction of sp³-hybridized carbons (Fsp3) is 0.278. The van der Waals surface area contributed by atoms with E-state index in [0.717, 1.165) is 17.6 Å². The van der Waals surface area contributed by atoms with Gasteiger partial charge in [-0.15, -0.1) is 12.4 Å². The zero-order chi connectivity index (χ0) is 14.9. The first-order chi connectivity index (χ1) is 10.3. The summed E-state index contributed by atoms with van der Waals surface area (Å²) in [7, 11) is 0. The standard InChI is InChI=1S/C18H21NO2.ClH/c1-15(14-21-10-9-20)11-16-4-6-17(7-5-16)12-18-3-2-8-19-13-18;/h2-8,11,13,20H,9-10,12,14H2,1H3;1H. The van der Waals surface area contributed by atoms with Gasteiger partial charge >= 0.3 is 0 Å². The largest absolute Gasteiger partial charge is 0.394 e. The Hall–Kier alpha value is -1.68. The van der Waals surface area contributed by atoms with Crippen LogP contribution in [0.2, 0.25) is 0 Å². The number of aliphatic hydroxyl groups is 1. The van der Waals surface area contributed by atoms with Gasteiger partial charge in [-0.05, 0) is 41.7 Å². The third-order valence-electron chi connectivity index (χ3n) is 3.09. The second-order valence-electron chi connectivity index (χ2n) is 5.05. The van der Waals surface area contributed by atoms with Crippen LogP contribution in [-0.2, 0) is 11.2 Å². The van der Waals surface area contributed by atoms with E-state index in [0.29, 0.717) is 13.2 Å². The lowest BCUT2D eigenvalue weighted by atomic mass is 10.0. The lowest BCUT2D eigenvalue weighted by Gasteiger charge is -2.04. The van der Waals surface area contributed by atoms with Crippen LogP contribution in [0.5, 0.6) is 0 Å². The maximum absolute atomic E-state index is 8.67. The monoisotopic (exact) mass is 319 g/mol. The summed E-state index contributed by atoms with van der Waals surface area (Å²) < 4.78 is 5.29. The minimum atomic E-state index is 0. The van der Waals surface area contributed by atoms with Crippen molar-refractivity contribution in [3.05, 3.63) is 71.1 Å². The van der Waals surface area contributed by atoms with E-state index in [-0.39, 0.29) is 19.0 Å². The highest BCUT2D eigenvalue weighted by Crippen LogP contribution is 2.12. The van der Waals surface area contributed by atoms with Crippen LogP contribution in [0.15, 0.2) is 54.4 Å². The number of halogens is 1. The predicted molar refractivity (Wildman–Crippen MR) is 92.3 cm³/mol. The van der Waals surface area contributed by atoms with Crippen molar-refractivity contribution >= 4 is 18.5 Å². The van der Waals surface area contributed by atoms with Crippen molar-refractivity contribution in [3.63, 3.8) is 0 Å². The van der Waals surface area contributed by atoms with E-state index in [4.69, 9.17) is 9.84 Å². The van der Waals surface area contributed by atoms with E-state index >= 15 is 0 Å². The van der Waals surface area contributed by atoms with Gasteiger partial charge in [0.05, 0.1) is 19.8 Å². The Labute approximate surface area is 138 Å². The molecule has 3 nitrogen and oxygen atoms in total. The van der Waals surface area contributed by atoms with Crippen molar-refractivity contribution in [1.82, 2.24) is 4.98 Å². The highest BCUT2D eigenvalue weighted by Gasteiger charge is 1.97. The smallest absolute Gasteiger partial charge is 0.0702 e. The van der Waals surface area contributed by atoms with Crippen LogP contribution in [0.25, 0.3) is 6.08 Å². The summed E-state index contributed by atoms with van der Waals surface area (Å²) in [5.74, 6) is 0. The third kappa shape index (κ3) is 6.39. The van der Waals surface area contributed by atoms with E-state index in [9.17, 15) is 0 Å². The summed E-state index contributed by atoms with van der Waals surface area (Å²) in [5, 5.41) is 8.67. The minimum absolute atomic E-state index is 0. The Morgan fingerprint density at radius 1 is 1.18 bits per heavy atom. The zero-order valence-corrected chi connectivity index (χ0v) is 13.6. The van der Waals surface area contributed by atoms with Crippen LogP contribution in [0.1, 0.15) is 23.6 Å². The third-order valence-corrected chi connectivity index (χ3v) is 3.09. The maximum Gasteiger partial charge on any atom is 0.0702 e. The molecule has 0 aliphatic heterocycles. The lowest BCUT2D eigenvalue weighted by molar-refractivity contribution is 0.108. The average molecular weight is 320 g/mol. The summed E-state index contributed by atoms with van der Waals surface area (Å²) in [6.07, 6.45) is 6.69. The van der Waals surface area contributed by atoms with Crippen molar-refractivity contribution in [2.45, 2.75) is 13.3 Å². The number of aliphatic hydroxyl groups excluding tert-OH is 1. The van der Waals surface area contributed by atoms with Gasteiger partial charge in [0.25, 0.3) is 0 Å². The molecule has 0 fully saturated rings. The van der Waals surface area contributed by atoms with Gasteiger partial charge in [0.1, 0.15) is 0 Å². The number of benzene rings is 1. The molecule has 0 unspecified atom stereocenters. The van der Waals surface area contributed by atoms with Gasteiger partial charge in [0.15, 0.2) is 0 Å². The summed E-state index contributed by atoms with van der Waals surface area (Å²) in [6.45, 7) is 3.03. The molecule has 0 aliphatic rings. The molecule has 0 atom stereocenters. The molecule has 0 aliphatic carbocycles. The van der Waals surface area contributed by atoms with Crippen molar-refractivity contribution < 1.29 is 9.84 Å². The molecule has 118 valence electrons. The van der Waals surface area contributed by atoms with E-state index in [1.807, 2.05) is 19.2 Å². The number of hydrogen-bond donors (Lipinski definition) is 1. The van der Waals surface area contributed by atoms with Crippen molar-refractivity contribution in [3.8, 4) is 0 Å². The van der Waals surface area contributed by atoms with Gasteiger partial charge in [-0.25, -0.2) is 0 Å². The van der Waals surface area contributed by atoms with Gasteiger partial charge in [-0.3, -0.25) is 4.98 Å². The predicted octanol–water partition coefficient (Wildman–Crippen LogP) is 3.51. The molecule has 1 aromatic heterocycles. The van der Waals surface area contributed by atoms with Crippen molar-refractivity contribution in [2.24, 2.45) is 0 Å².